The van der Waals surface area contributed by atoms with E-state index in [1.54, 1.807) is 18.2 Å². The minimum atomic E-state index is -0.618. The van der Waals surface area contributed by atoms with Gasteiger partial charge in [-0.05, 0) is 31.5 Å². The number of hydrogen-bond donors (Lipinski definition) is 1. The zero-order valence-corrected chi connectivity index (χ0v) is 11.6. The molecule has 0 radical (unpaired) electrons. The zero-order valence-electron chi connectivity index (χ0n) is 10.1. The van der Waals surface area contributed by atoms with E-state index < -0.39 is 5.54 Å². The molecule has 1 heterocycles. The number of nitrogens with two attached hydrogens (primary N) is 1. The van der Waals surface area contributed by atoms with Crippen LogP contribution >= 0.6 is 23.2 Å². The van der Waals surface area contributed by atoms with Crippen LogP contribution in [0.15, 0.2) is 22.7 Å². The molecule has 4 nitrogen and oxygen atoms in total. The van der Waals surface area contributed by atoms with Crippen molar-refractivity contribution in [2.45, 2.75) is 25.8 Å². The Kier molecular flexibility index (Phi) is 3.61. The minimum absolute atomic E-state index is 0.322. The Morgan fingerprint density at radius 3 is 2.78 bits per heavy atom. The molecule has 1 aromatic heterocycles. The Hall–Kier alpha value is -1.10. The average Bonchev–Trinajstić information content (AvgIpc) is 2.82. The van der Waals surface area contributed by atoms with E-state index in [4.69, 9.17) is 33.5 Å². The van der Waals surface area contributed by atoms with Gasteiger partial charge in [-0.3, -0.25) is 0 Å². The van der Waals surface area contributed by atoms with Crippen LogP contribution in [0, 0.1) is 0 Å². The maximum atomic E-state index is 6.07. The van der Waals surface area contributed by atoms with Gasteiger partial charge in [0.2, 0.25) is 0 Å². The van der Waals surface area contributed by atoms with E-state index in [2.05, 4.69) is 10.1 Å². The first-order valence-corrected chi connectivity index (χ1v) is 6.28. The molecule has 1 atom stereocenters. The molecule has 2 rings (SSSR count). The number of rotatable bonds is 3. The number of benzene rings is 1. The molecule has 0 saturated carbocycles. The van der Waals surface area contributed by atoms with Crippen molar-refractivity contribution < 1.29 is 4.52 Å². The quantitative estimate of drug-likeness (QED) is 0.935. The SMILES string of the molecule is CCC(C)(N)c1noc(-c2cc(Cl)ccc2Cl)n1. The second-order valence-electron chi connectivity index (χ2n) is 4.32. The first kappa shape index (κ1) is 13.3. The minimum Gasteiger partial charge on any atom is -0.334 e. The van der Waals surface area contributed by atoms with Crippen LogP contribution in [0.2, 0.25) is 10.0 Å². The van der Waals surface area contributed by atoms with Crippen LogP contribution in [0.3, 0.4) is 0 Å². The molecule has 2 N–H and O–H groups in total. The molecule has 0 aliphatic rings. The highest BCUT2D eigenvalue weighted by atomic mass is 35.5. The molecule has 1 aromatic carbocycles. The largest absolute Gasteiger partial charge is 0.334 e. The summed E-state index contributed by atoms with van der Waals surface area (Å²) in [4.78, 5) is 4.28. The third-order valence-corrected chi connectivity index (χ3v) is 3.39. The Morgan fingerprint density at radius 2 is 2.11 bits per heavy atom. The van der Waals surface area contributed by atoms with Crippen molar-refractivity contribution in [3.63, 3.8) is 0 Å². The molecule has 0 aliphatic carbocycles. The Balaban J connectivity index is 2.44. The number of hydrogen-bond acceptors (Lipinski definition) is 4. The Bertz CT molecular complexity index is 566. The monoisotopic (exact) mass is 285 g/mol. The van der Waals surface area contributed by atoms with Gasteiger partial charge < -0.3 is 10.3 Å². The second-order valence-corrected chi connectivity index (χ2v) is 5.16. The third-order valence-electron chi connectivity index (χ3n) is 2.83. The number of halogens is 2. The topological polar surface area (TPSA) is 64.9 Å². The summed E-state index contributed by atoms with van der Waals surface area (Å²) in [7, 11) is 0. The lowest BCUT2D eigenvalue weighted by atomic mass is 10.00. The molecular formula is C12H13Cl2N3O. The maximum Gasteiger partial charge on any atom is 0.259 e. The predicted molar refractivity (Wildman–Crippen MR) is 71.6 cm³/mol. The van der Waals surface area contributed by atoms with Crippen molar-refractivity contribution in [2.75, 3.05) is 0 Å². The van der Waals surface area contributed by atoms with E-state index >= 15 is 0 Å². The Morgan fingerprint density at radius 1 is 1.39 bits per heavy atom. The van der Waals surface area contributed by atoms with Crippen molar-refractivity contribution in [3.05, 3.63) is 34.1 Å². The lowest BCUT2D eigenvalue weighted by Gasteiger charge is -2.16. The molecule has 2 aromatic rings. The van der Waals surface area contributed by atoms with E-state index in [1.165, 1.54) is 0 Å². The van der Waals surface area contributed by atoms with Crippen molar-refractivity contribution in [1.82, 2.24) is 10.1 Å². The van der Waals surface area contributed by atoms with Crippen LogP contribution in [0.5, 0.6) is 0 Å². The van der Waals surface area contributed by atoms with Crippen molar-refractivity contribution in [3.8, 4) is 11.5 Å². The lowest BCUT2D eigenvalue weighted by Crippen LogP contribution is -2.33. The standard InChI is InChI=1S/C12H13Cl2N3O/c1-3-12(2,15)11-16-10(18-17-11)8-6-7(13)4-5-9(8)14/h4-6H,3,15H2,1-2H3. The lowest BCUT2D eigenvalue weighted by molar-refractivity contribution is 0.379. The van der Waals surface area contributed by atoms with Crippen LogP contribution in [0.1, 0.15) is 26.1 Å². The smallest absolute Gasteiger partial charge is 0.259 e. The van der Waals surface area contributed by atoms with Gasteiger partial charge in [0, 0.05) is 5.02 Å². The summed E-state index contributed by atoms with van der Waals surface area (Å²) in [5.74, 6) is 0.777. The summed E-state index contributed by atoms with van der Waals surface area (Å²) < 4.78 is 5.19. The van der Waals surface area contributed by atoms with Crippen LogP contribution in [-0.4, -0.2) is 10.1 Å². The maximum absolute atomic E-state index is 6.07. The van der Waals surface area contributed by atoms with E-state index in [0.29, 0.717) is 33.7 Å². The normalized spacial score (nSPS) is 14.5. The molecule has 18 heavy (non-hydrogen) atoms. The van der Waals surface area contributed by atoms with Crippen molar-refractivity contribution in [2.24, 2.45) is 5.73 Å². The van der Waals surface area contributed by atoms with E-state index in [-0.39, 0.29) is 0 Å². The van der Waals surface area contributed by atoms with Gasteiger partial charge >= 0.3 is 0 Å². The molecule has 0 bridgehead atoms. The number of nitrogens with zero attached hydrogens (tertiary/aromatic N) is 2. The first-order valence-electron chi connectivity index (χ1n) is 5.52. The van der Waals surface area contributed by atoms with Crippen molar-refractivity contribution in [1.29, 1.82) is 0 Å². The fourth-order valence-corrected chi connectivity index (χ4v) is 1.75. The van der Waals surface area contributed by atoms with Crippen LogP contribution in [0.25, 0.3) is 11.5 Å². The van der Waals surface area contributed by atoms with E-state index in [1.807, 2.05) is 13.8 Å². The van der Waals surface area contributed by atoms with E-state index in [9.17, 15) is 0 Å². The van der Waals surface area contributed by atoms with Gasteiger partial charge in [0.25, 0.3) is 5.89 Å². The summed E-state index contributed by atoms with van der Waals surface area (Å²) in [5.41, 5.74) is 6.04. The summed E-state index contributed by atoms with van der Waals surface area (Å²) >= 11 is 12.0. The highest BCUT2D eigenvalue weighted by Crippen LogP contribution is 2.30. The molecule has 0 spiro atoms. The summed E-state index contributed by atoms with van der Waals surface area (Å²) in [6.07, 6.45) is 0.704. The average molecular weight is 286 g/mol. The van der Waals surface area contributed by atoms with Gasteiger partial charge in [-0.25, -0.2) is 0 Å². The van der Waals surface area contributed by atoms with Gasteiger partial charge in [0.1, 0.15) is 0 Å². The van der Waals surface area contributed by atoms with Gasteiger partial charge in [-0.1, -0.05) is 35.3 Å². The van der Waals surface area contributed by atoms with E-state index in [0.717, 1.165) is 0 Å². The van der Waals surface area contributed by atoms with Crippen LogP contribution < -0.4 is 5.73 Å². The molecule has 96 valence electrons. The fourth-order valence-electron chi connectivity index (χ4n) is 1.38. The third kappa shape index (κ3) is 2.51. The first-order chi connectivity index (χ1) is 8.44. The van der Waals surface area contributed by atoms with Crippen LogP contribution in [-0.2, 0) is 5.54 Å². The second kappa shape index (κ2) is 4.88. The fraction of sp³-hybridized carbons (Fsp3) is 0.333. The molecule has 6 heteroatoms. The number of aromatic nitrogens is 2. The molecule has 1 unspecified atom stereocenters. The van der Waals surface area contributed by atoms with Gasteiger partial charge in [0.15, 0.2) is 5.82 Å². The van der Waals surface area contributed by atoms with Gasteiger partial charge in [-0.2, -0.15) is 4.98 Å². The molecule has 0 amide bonds. The Labute approximate surface area is 115 Å². The molecule has 0 aliphatic heterocycles. The predicted octanol–water partition coefficient (Wildman–Crippen LogP) is 3.63. The highest BCUT2D eigenvalue weighted by Gasteiger charge is 2.26. The van der Waals surface area contributed by atoms with Gasteiger partial charge in [-0.15, -0.1) is 0 Å². The zero-order chi connectivity index (χ0) is 13.3. The van der Waals surface area contributed by atoms with Crippen LogP contribution in [0.4, 0.5) is 0 Å². The van der Waals surface area contributed by atoms with Crippen molar-refractivity contribution >= 4 is 23.2 Å². The molecule has 0 saturated heterocycles. The summed E-state index contributed by atoms with van der Waals surface area (Å²) in [6.45, 7) is 3.81. The van der Waals surface area contributed by atoms with Gasteiger partial charge in [0.05, 0.1) is 16.1 Å². The highest BCUT2D eigenvalue weighted by molar-refractivity contribution is 6.35. The summed E-state index contributed by atoms with van der Waals surface area (Å²) in [6, 6.07) is 5.06. The molecular weight excluding hydrogens is 273 g/mol. The summed E-state index contributed by atoms with van der Waals surface area (Å²) in [5, 5.41) is 4.95. The molecule has 0 fully saturated rings.